The van der Waals surface area contributed by atoms with E-state index in [1.54, 1.807) is 18.7 Å². The Kier molecular flexibility index (Phi) is 5.40. The Labute approximate surface area is 92.9 Å². The fraction of sp³-hybridized carbons (Fsp3) is 0.750. The van der Waals surface area contributed by atoms with E-state index >= 15 is 0 Å². The highest BCUT2D eigenvalue weighted by molar-refractivity contribution is 4.79. The van der Waals surface area contributed by atoms with Gasteiger partial charge in [0.15, 0.2) is 0 Å². The van der Waals surface area contributed by atoms with Crippen molar-refractivity contribution >= 4 is 0 Å². The minimum Gasteiger partial charge on any atom is -0.351 e. The topological polar surface area (TPSA) is 31.9 Å². The van der Waals surface area contributed by atoms with Crippen LogP contribution in [0.3, 0.4) is 0 Å². The van der Waals surface area contributed by atoms with Gasteiger partial charge < -0.3 is 4.98 Å². The van der Waals surface area contributed by atoms with Crippen molar-refractivity contribution < 1.29 is 0 Å². The first kappa shape index (κ1) is 12.2. The van der Waals surface area contributed by atoms with E-state index in [1.807, 2.05) is 0 Å². The number of likely N-dealkylation sites (tertiary alicyclic amines) is 1. The number of rotatable bonds is 2. The van der Waals surface area contributed by atoms with E-state index in [4.69, 9.17) is 0 Å². The van der Waals surface area contributed by atoms with E-state index < -0.39 is 0 Å². The van der Waals surface area contributed by atoms with Crippen LogP contribution < -0.4 is 0 Å². The third-order valence-corrected chi connectivity index (χ3v) is 2.96. The van der Waals surface area contributed by atoms with Crippen molar-refractivity contribution in [1.29, 1.82) is 0 Å². The second kappa shape index (κ2) is 6.62. The number of nitrogens with one attached hydrogen (secondary N) is 1. The maximum Gasteiger partial charge on any atom is 0.0919 e. The lowest BCUT2D eigenvalue weighted by molar-refractivity contribution is 0.199. The monoisotopic (exact) mass is 209 g/mol. The molecule has 0 aromatic carbocycles. The van der Waals surface area contributed by atoms with Gasteiger partial charge in [-0.25, -0.2) is 4.98 Å². The van der Waals surface area contributed by atoms with Gasteiger partial charge in [0.1, 0.15) is 0 Å². The molecule has 1 aromatic rings. The molecule has 2 rings (SSSR count). The van der Waals surface area contributed by atoms with E-state index in [1.165, 1.54) is 25.8 Å². The molecule has 1 saturated heterocycles. The zero-order valence-corrected chi connectivity index (χ0v) is 10.1. The summed E-state index contributed by atoms with van der Waals surface area (Å²) in [6.07, 6.45) is 9.25. The molecule has 0 aliphatic carbocycles. The molecule has 86 valence electrons. The number of H-pyrrole nitrogens is 1. The number of aromatic amines is 1. The molecule has 0 spiro atoms. The summed E-state index contributed by atoms with van der Waals surface area (Å²) in [5.41, 5.74) is 0. The van der Waals surface area contributed by atoms with Crippen molar-refractivity contribution in [2.24, 2.45) is 0 Å². The van der Waals surface area contributed by atoms with Gasteiger partial charge in [-0.15, -0.1) is 0 Å². The molecule has 0 saturated carbocycles. The lowest BCUT2D eigenvalue weighted by Crippen LogP contribution is -2.34. The van der Waals surface area contributed by atoms with Gasteiger partial charge in [0.25, 0.3) is 0 Å². The Bertz CT molecular complexity index is 214. The highest BCUT2D eigenvalue weighted by Gasteiger charge is 2.24. The molecule has 0 bridgehead atoms. The Morgan fingerprint density at radius 1 is 1.53 bits per heavy atom. The van der Waals surface area contributed by atoms with Crippen molar-refractivity contribution in [2.45, 2.75) is 52.1 Å². The van der Waals surface area contributed by atoms with Crippen LogP contribution in [0.2, 0.25) is 0 Å². The molecule has 1 aromatic heterocycles. The van der Waals surface area contributed by atoms with Crippen LogP contribution in [0.4, 0.5) is 0 Å². The van der Waals surface area contributed by atoms with Gasteiger partial charge in [-0.05, 0) is 39.7 Å². The van der Waals surface area contributed by atoms with Crippen LogP contribution in [-0.4, -0.2) is 33.5 Å². The second-order valence-electron chi connectivity index (χ2n) is 4.30. The van der Waals surface area contributed by atoms with Crippen molar-refractivity contribution in [2.75, 3.05) is 6.54 Å². The summed E-state index contributed by atoms with van der Waals surface area (Å²) >= 11 is 0. The van der Waals surface area contributed by atoms with Gasteiger partial charge in [-0.2, -0.15) is 0 Å². The first-order valence-corrected chi connectivity index (χ1v) is 5.94. The highest BCUT2D eigenvalue weighted by atomic mass is 15.2. The predicted octanol–water partition coefficient (Wildman–Crippen LogP) is 2.68. The molecule has 1 aliphatic rings. The van der Waals surface area contributed by atoms with Crippen molar-refractivity contribution in [3.8, 4) is 0 Å². The first-order chi connectivity index (χ1) is 7.25. The number of nitrogens with zero attached hydrogens (tertiary/aromatic N) is 2. The van der Waals surface area contributed by atoms with E-state index in [2.05, 4.69) is 35.6 Å². The second-order valence-corrected chi connectivity index (χ2v) is 4.30. The summed E-state index contributed by atoms with van der Waals surface area (Å²) in [4.78, 5) is 9.04. The normalized spacial score (nSPS) is 21.5. The SMILES string of the molecule is CC[C@@H]1CCCN1C(C)C.c1c[nH]cn1. The Balaban J connectivity index is 0.000000187. The number of aromatic nitrogens is 2. The first-order valence-electron chi connectivity index (χ1n) is 5.94. The maximum absolute atomic E-state index is 3.67. The van der Waals surface area contributed by atoms with Gasteiger partial charge in [0, 0.05) is 24.5 Å². The average molecular weight is 209 g/mol. The summed E-state index contributed by atoms with van der Waals surface area (Å²) in [5.74, 6) is 0. The zero-order chi connectivity index (χ0) is 11.1. The molecular formula is C12H23N3. The van der Waals surface area contributed by atoms with E-state index in [0.717, 1.165) is 12.1 Å². The van der Waals surface area contributed by atoms with E-state index in [0.29, 0.717) is 0 Å². The fourth-order valence-corrected chi connectivity index (χ4v) is 2.19. The van der Waals surface area contributed by atoms with Crippen LogP contribution in [0, 0.1) is 0 Å². The summed E-state index contributed by atoms with van der Waals surface area (Å²) in [5, 5.41) is 0. The molecule has 2 heterocycles. The number of hydrogen-bond donors (Lipinski definition) is 1. The Morgan fingerprint density at radius 2 is 2.33 bits per heavy atom. The molecule has 1 atom stereocenters. The maximum atomic E-state index is 3.67. The number of hydrogen-bond acceptors (Lipinski definition) is 2. The van der Waals surface area contributed by atoms with Crippen molar-refractivity contribution in [3.05, 3.63) is 18.7 Å². The smallest absolute Gasteiger partial charge is 0.0919 e. The summed E-state index contributed by atoms with van der Waals surface area (Å²) in [6, 6.07) is 1.65. The fourth-order valence-electron chi connectivity index (χ4n) is 2.19. The molecule has 0 unspecified atom stereocenters. The molecule has 1 fully saturated rings. The predicted molar refractivity (Wildman–Crippen MR) is 63.7 cm³/mol. The molecule has 0 amide bonds. The molecular weight excluding hydrogens is 186 g/mol. The average Bonchev–Trinajstić information content (AvgIpc) is 2.92. The lowest BCUT2D eigenvalue weighted by Gasteiger charge is -2.27. The van der Waals surface area contributed by atoms with Crippen molar-refractivity contribution in [1.82, 2.24) is 14.9 Å². The quantitative estimate of drug-likeness (QED) is 0.812. The molecule has 0 radical (unpaired) electrons. The van der Waals surface area contributed by atoms with Gasteiger partial charge in [-0.1, -0.05) is 6.92 Å². The molecule has 1 N–H and O–H groups in total. The third kappa shape index (κ3) is 4.04. The van der Waals surface area contributed by atoms with Crippen LogP contribution in [0.25, 0.3) is 0 Å². The van der Waals surface area contributed by atoms with Crippen molar-refractivity contribution in [3.63, 3.8) is 0 Å². The minimum absolute atomic E-state index is 0.757. The number of imidazole rings is 1. The minimum atomic E-state index is 0.757. The van der Waals surface area contributed by atoms with Crippen LogP contribution >= 0.6 is 0 Å². The summed E-state index contributed by atoms with van der Waals surface area (Å²) < 4.78 is 0. The van der Waals surface area contributed by atoms with Crippen LogP contribution in [-0.2, 0) is 0 Å². The summed E-state index contributed by atoms with van der Waals surface area (Å²) in [7, 11) is 0. The molecule has 3 heteroatoms. The lowest BCUT2D eigenvalue weighted by atomic mass is 10.1. The Hall–Kier alpha value is -0.830. The van der Waals surface area contributed by atoms with Crippen LogP contribution in [0.5, 0.6) is 0 Å². The van der Waals surface area contributed by atoms with E-state index in [-0.39, 0.29) is 0 Å². The Morgan fingerprint density at radius 3 is 2.67 bits per heavy atom. The van der Waals surface area contributed by atoms with Gasteiger partial charge >= 0.3 is 0 Å². The molecule has 15 heavy (non-hydrogen) atoms. The largest absolute Gasteiger partial charge is 0.351 e. The molecule has 1 aliphatic heterocycles. The van der Waals surface area contributed by atoms with Crippen LogP contribution in [0.15, 0.2) is 18.7 Å². The standard InChI is InChI=1S/C9H19N.C3H4N2/c1-4-9-6-5-7-10(9)8(2)3;1-2-5-3-4-1/h8-9H,4-7H2,1-3H3;1-3H,(H,4,5)/t9-;/m1./s1. The van der Waals surface area contributed by atoms with Gasteiger partial charge in [0.05, 0.1) is 6.33 Å². The highest BCUT2D eigenvalue weighted by Crippen LogP contribution is 2.21. The van der Waals surface area contributed by atoms with Gasteiger partial charge in [0.2, 0.25) is 0 Å². The zero-order valence-electron chi connectivity index (χ0n) is 10.1. The summed E-state index contributed by atoms with van der Waals surface area (Å²) in [6.45, 7) is 8.23. The molecule has 3 nitrogen and oxygen atoms in total. The van der Waals surface area contributed by atoms with Gasteiger partial charge in [-0.3, -0.25) is 4.90 Å². The third-order valence-electron chi connectivity index (χ3n) is 2.96. The van der Waals surface area contributed by atoms with E-state index in [9.17, 15) is 0 Å². The van der Waals surface area contributed by atoms with Crippen LogP contribution in [0.1, 0.15) is 40.0 Å².